The molecule has 0 unspecified atom stereocenters. The predicted octanol–water partition coefficient (Wildman–Crippen LogP) is -0.0626. The molecule has 2 fully saturated rings. The third-order valence-corrected chi connectivity index (χ3v) is 7.49. The zero-order chi connectivity index (χ0) is 19.1. The van der Waals surface area contributed by atoms with Crippen molar-refractivity contribution in [3.8, 4) is 0 Å². The van der Waals surface area contributed by atoms with E-state index < -0.39 is 15.3 Å². The first-order chi connectivity index (χ1) is 12.2. The van der Waals surface area contributed by atoms with Crippen molar-refractivity contribution in [1.29, 1.82) is 0 Å². The highest BCUT2D eigenvalue weighted by Gasteiger charge is 2.47. The van der Waals surface area contributed by atoms with Gasteiger partial charge in [0.1, 0.15) is 5.76 Å². The molecule has 2 aliphatic rings. The van der Waals surface area contributed by atoms with E-state index in [1.165, 1.54) is 9.21 Å². The monoisotopic (exact) mass is 384 g/mol. The molecule has 1 aromatic rings. The Kier molecular flexibility index (Phi) is 5.07. The number of nitrogens with zero attached hydrogens (tertiary/aromatic N) is 4. The van der Waals surface area contributed by atoms with Gasteiger partial charge in [-0.3, -0.25) is 9.59 Å². The summed E-state index contributed by atoms with van der Waals surface area (Å²) in [6.07, 6.45) is 0.946. The molecule has 0 aromatic carbocycles. The van der Waals surface area contributed by atoms with Crippen molar-refractivity contribution in [1.82, 2.24) is 19.3 Å². The molecule has 0 saturated carbocycles. The van der Waals surface area contributed by atoms with Crippen LogP contribution in [0.25, 0.3) is 0 Å². The number of hydrogen-bond acceptors (Lipinski definition) is 6. The predicted molar refractivity (Wildman–Crippen MR) is 92.8 cm³/mol. The molecule has 1 aromatic heterocycles. The lowest BCUT2D eigenvalue weighted by atomic mass is 10.0. The first-order valence-electron chi connectivity index (χ1n) is 8.62. The molecule has 3 heterocycles. The van der Waals surface area contributed by atoms with Crippen LogP contribution in [0, 0.1) is 12.8 Å². The van der Waals surface area contributed by atoms with Gasteiger partial charge in [0.05, 0.1) is 11.8 Å². The van der Waals surface area contributed by atoms with Gasteiger partial charge in [-0.05, 0) is 25.7 Å². The number of likely N-dealkylation sites (N-methyl/N-ethyl adjacent to an activating group) is 1. The van der Waals surface area contributed by atoms with E-state index in [-0.39, 0.29) is 30.0 Å². The highest BCUT2D eigenvalue weighted by atomic mass is 32.2. The van der Waals surface area contributed by atoms with Gasteiger partial charge in [-0.2, -0.15) is 4.31 Å². The van der Waals surface area contributed by atoms with Crippen LogP contribution >= 0.6 is 0 Å². The van der Waals surface area contributed by atoms with Crippen LogP contribution in [0.3, 0.4) is 0 Å². The van der Waals surface area contributed by atoms with E-state index in [9.17, 15) is 18.0 Å². The summed E-state index contributed by atoms with van der Waals surface area (Å²) in [7, 11) is -0.317. The molecule has 144 valence electrons. The Morgan fingerprint density at radius 1 is 1.31 bits per heavy atom. The molecular formula is C16H24N4O5S. The molecule has 0 N–H and O–H groups in total. The number of carbonyl (C=O) groups is 2. The second-order valence-corrected chi connectivity index (χ2v) is 9.27. The first-order valence-corrected chi connectivity index (χ1v) is 10.1. The summed E-state index contributed by atoms with van der Waals surface area (Å²) in [6, 6.07) is 1.58. The molecule has 2 atom stereocenters. The second-order valence-electron chi connectivity index (χ2n) is 7.12. The topological polar surface area (TPSA) is 104 Å². The smallest absolute Gasteiger partial charge is 0.276 e. The summed E-state index contributed by atoms with van der Waals surface area (Å²) in [6.45, 7) is 2.74. The van der Waals surface area contributed by atoms with E-state index in [1.54, 1.807) is 32.0 Å². The maximum Gasteiger partial charge on any atom is 0.276 e. The number of amides is 2. The molecule has 0 bridgehead atoms. The lowest BCUT2D eigenvalue weighted by molar-refractivity contribution is -0.128. The molecule has 0 aliphatic carbocycles. The number of hydrogen-bond donors (Lipinski definition) is 0. The maximum atomic E-state index is 12.8. The molecular weight excluding hydrogens is 360 g/mol. The number of likely N-dealkylation sites (tertiary alicyclic amines) is 1. The van der Waals surface area contributed by atoms with E-state index in [2.05, 4.69) is 5.16 Å². The van der Waals surface area contributed by atoms with Gasteiger partial charge >= 0.3 is 0 Å². The molecule has 2 saturated heterocycles. The molecule has 0 spiro atoms. The molecule has 26 heavy (non-hydrogen) atoms. The van der Waals surface area contributed by atoms with E-state index in [1.807, 2.05) is 0 Å². The van der Waals surface area contributed by atoms with Gasteiger partial charge in [0.25, 0.3) is 5.91 Å². The standard InChI is InChI=1S/C16H24N4O5S/c1-11-8-13(17-25-11)16(22)19-6-4-12-9-20(10-15(21)18(2)3)26(23,24)14(12)5-7-19/h8,12,14H,4-7,9-10H2,1-3H3/t12-,14-/m0/s1. The summed E-state index contributed by atoms with van der Waals surface area (Å²) in [5.41, 5.74) is 0.246. The average molecular weight is 384 g/mol. The highest BCUT2D eigenvalue weighted by Crippen LogP contribution is 2.34. The molecule has 9 nitrogen and oxygen atoms in total. The Bertz CT molecular complexity index is 803. The minimum absolute atomic E-state index is 0.0770. The van der Waals surface area contributed by atoms with Crippen molar-refractivity contribution in [3.05, 3.63) is 17.5 Å². The van der Waals surface area contributed by atoms with Crippen LogP contribution in [-0.2, 0) is 14.8 Å². The molecule has 2 amide bonds. The van der Waals surface area contributed by atoms with E-state index in [0.717, 1.165) is 0 Å². The minimum atomic E-state index is -3.54. The van der Waals surface area contributed by atoms with Crippen molar-refractivity contribution in [2.24, 2.45) is 5.92 Å². The third-order valence-electron chi connectivity index (χ3n) is 5.10. The van der Waals surface area contributed by atoms with Crippen molar-refractivity contribution in [3.63, 3.8) is 0 Å². The minimum Gasteiger partial charge on any atom is -0.361 e. The number of carbonyl (C=O) groups excluding carboxylic acids is 2. The Morgan fingerprint density at radius 2 is 2.00 bits per heavy atom. The number of aromatic nitrogens is 1. The van der Waals surface area contributed by atoms with Crippen LogP contribution in [0.15, 0.2) is 10.6 Å². The van der Waals surface area contributed by atoms with Crippen LogP contribution < -0.4 is 0 Å². The summed E-state index contributed by atoms with van der Waals surface area (Å²) in [4.78, 5) is 27.5. The van der Waals surface area contributed by atoms with Gasteiger partial charge in [0, 0.05) is 39.8 Å². The fourth-order valence-electron chi connectivity index (χ4n) is 3.58. The van der Waals surface area contributed by atoms with Crippen molar-refractivity contribution in [2.75, 3.05) is 40.3 Å². The molecule has 3 rings (SSSR count). The van der Waals surface area contributed by atoms with Crippen LogP contribution in [0.1, 0.15) is 29.1 Å². The SMILES string of the molecule is Cc1cc(C(=O)N2CC[C@H]3CN(CC(=O)N(C)C)S(=O)(=O)[C@H]3CC2)no1. The van der Waals surface area contributed by atoms with Gasteiger partial charge in [-0.25, -0.2) is 8.42 Å². The number of sulfonamides is 1. The summed E-state index contributed by atoms with van der Waals surface area (Å²) < 4.78 is 31.9. The lowest BCUT2D eigenvalue weighted by Gasteiger charge is -2.21. The largest absolute Gasteiger partial charge is 0.361 e. The Balaban J connectivity index is 1.69. The fraction of sp³-hybridized carbons (Fsp3) is 0.688. The summed E-state index contributed by atoms with van der Waals surface area (Å²) in [5.74, 6) is 0.0118. The Labute approximate surface area is 152 Å². The van der Waals surface area contributed by atoms with Crippen LogP contribution in [0.5, 0.6) is 0 Å². The Hall–Kier alpha value is -1.94. The summed E-state index contributed by atoms with van der Waals surface area (Å²) >= 11 is 0. The van der Waals surface area contributed by atoms with Crippen molar-refractivity contribution < 1.29 is 22.5 Å². The van der Waals surface area contributed by atoms with E-state index >= 15 is 0 Å². The average Bonchev–Trinajstić information content (AvgIpc) is 3.00. The van der Waals surface area contributed by atoms with Gasteiger partial charge in [-0.15, -0.1) is 0 Å². The van der Waals surface area contributed by atoms with E-state index in [4.69, 9.17) is 4.52 Å². The van der Waals surface area contributed by atoms with Gasteiger partial charge in [0.2, 0.25) is 15.9 Å². The molecule has 2 aliphatic heterocycles. The van der Waals surface area contributed by atoms with Crippen molar-refractivity contribution in [2.45, 2.75) is 25.0 Å². The normalized spacial score (nSPS) is 25.6. The second kappa shape index (κ2) is 6.99. The third kappa shape index (κ3) is 3.48. The highest BCUT2D eigenvalue weighted by molar-refractivity contribution is 7.90. The maximum absolute atomic E-state index is 12.8. The van der Waals surface area contributed by atoms with Gasteiger partial charge in [0.15, 0.2) is 5.69 Å². The summed E-state index contributed by atoms with van der Waals surface area (Å²) in [5, 5.41) is 3.20. The van der Waals surface area contributed by atoms with Crippen molar-refractivity contribution >= 4 is 21.8 Å². The number of aryl methyl sites for hydroxylation is 1. The van der Waals surface area contributed by atoms with Crippen LogP contribution in [0.4, 0.5) is 0 Å². The first kappa shape index (κ1) is 18.8. The zero-order valence-corrected chi connectivity index (χ0v) is 16.0. The number of rotatable bonds is 3. The number of fused-ring (bicyclic) bond motifs is 1. The fourth-order valence-corrected chi connectivity index (χ4v) is 5.76. The zero-order valence-electron chi connectivity index (χ0n) is 15.2. The van der Waals surface area contributed by atoms with Crippen LogP contribution in [0.2, 0.25) is 0 Å². The van der Waals surface area contributed by atoms with Crippen LogP contribution in [-0.4, -0.2) is 85.0 Å². The molecule has 0 radical (unpaired) electrons. The van der Waals surface area contributed by atoms with E-state index in [0.29, 0.717) is 38.2 Å². The van der Waals surface area contributed by atoms with Gasteiger partial charge in [-0.1, -0.05) is 5.16 Å². The quantitative estimate of drug-likeness (QED) is 0.723. The lowest BCUT2D eigenvalue weighted by Crippen LogP contribution is -2.39. The molecule has 10 heteroatoms. The van der Waals surface area contributed by atoms with Gasteiger partial charge < -0.3 is 14.3 Å². The Morgan fingerprint density at radius 3 is 2.62 bits per heavy atom.